The Bertz CT molecular complexity index is 1430. The zero-order valence-corrected chi connectivity index (χ0v) is 20.7. The Balaban J connectivity index is 1.68. The van der Waals surface area contributed by atoms with Gasteiger partial charge in [0.25, 0.3) is 11.8 Å². The molecule has 0 fully saturated rings. The van der Waals surface area contributed by atoms with Gasteiger partial charge in [-0.3, -0.25) is 9.59 Å². The van der Waals surface area contributed by atoms with Crippen LogP contribution in [0.4, 0.5) is 11.6 Å². The molecule has 0 bridgehead atoms. The van der Waals surface area contributed by atoms with Crippen molar-refractivity contribution in [3.05, 3.63) is 71.8 Å². The number of fused-ring (bicyclic) bond motifs is 1. The van der Waals surface area contributed by atoms with Gasteiger partial charge in [0, 0.05) is 55.0 Å². The van der Waals surface area contributed by atoms with Crippen LogP contribution in [0.5, 0.6) is 11.5 Å². The Morgan fingerprint density at radius 3 is 2.17 bits per heavy atom. The summed E-state index contributed by atoms with van der Waals surface area (Å²) in [5, 5.41) is 6.69. The Kier molecular flexibility index (Phi) is 7.00. The van der Waals surface area contributed by atoms with Gasteiger partial charge in [0.2, 0.25) is 5.95 Å². The zero-order chi connectivity index (χ0) is 25.8. The summed E-state index contributed by atoms with van der Waals surface area (Å²) in [5.74, 6) is 1.17. The lowest BCUT2D eigenvalue weighted by Gasteiger charge is -2.14. The largest absolute Gasteiger partial charge is 0.493 e. The molecule has 1 heterocycles. The Morgan fingerprint density at radius 1 is 0.861 bits per heavy atom. The summed E-state index contributed by atoms with van der Waals surface area (Å²) < 4.78 is 10.9. The molecule has 4 rings (SSSR count). The predicted molar refractivity (Wildman–Crippen MR) is 140 cm³/mol. The van der Waals surface area contributed by atoms with E-state index in [9.17, 15) is 9.59 Å². The minimum Gasteiger partial charge on any atom is -0.493 e. The van der Waals surface area contributed by atoms with Gasteiger partial charge in [0.15, 0.2) is 11.5 Å². The van der Waals surface area contributed by atoms with Crippen molar-refractivity contribution in [2.24, 2.45) is 0 Å². The highest BCUT2D eigenvalue weighted by Crippen LogP contribution is 2.36. The van der Waals surface area contributed by atoms with Gasteiger partial charge in [0.05, 0.1) is 25.4 Å². The minimum atomic E-state index is -0.286. The van der Waals surface area contributed by atoms with Gasteiger partial charge < -0.3 is 25.0 Å². The Labute approximate surface area is 209 Å². The van der Waals surface area contributed by atoms with Crippen LogP contribution < -0.4 is 20.1 Å². The number of ether oxygens (including phenoxy) is 2. The monoisotopic (exact) mass is 485 g/mol. The van der Waals surface area contributed by atoms with Crippen molar-refractivity contribution in [3.8, 4) is 22.8 Å². The maximum absolute atomic E-state index is 12.9. The predicted octanol–water partition coefficient (Wildman–Crippen LogP) is 4.31. The SMILES string of the molecule is CNc1nc(-c2cccc(NC(=O)c3ccc(C(=O)N(C)C)cc3)c2)c2cc(OC)c(OC)cc2n1. The van der Waals surface area contributed by atoms with Crippen molar-refractivity contribution in [2.75, 3.05) is 46.0 Å². The van der Waals surface area contributed by atoms with Crippen LogP contribution >= 0.6 is 0 Å². The molecule has 0 atom stereocenters. The van der Waals surface area contributed by atoms with Gasteiger partial charge in [0.1, 0.15) is 0 Å². The topological polar surface area (TPSA) is 106 Å². The molecule has 9 nitrogen and oxygen atoms in total. The first-order chi connectivity index (χ1) is 17.3. The third-order valence-electron chi connectivity index (χ3n) is 5.62. The highest BCUT2D eigenvalue weighted by atomic mass is 16.5. The smallest absolute Gasteiger partial charge is 0.255 e. The summed E-state index contributed by atoms with van der Waals surface area (Å²) in [4.78, 5) is 35.7. The first kappa shape index (κ1) is 24.5. The fourth-order valence-corrected chi connectivity index (χ4v) is 3.76. The lowest BCUT2D eigenvalue weighted by Crippen LogP contribution is -2.21. The standard InChI is InChI=1S/C27H27N5O4/c1-28-27-30-21-15-23(36-5)22(35-4)14-20(21)24(31-27)18-7-6-8-19(13-18)29-25(33)16-9-11-17(12-10-16)26(34)32(2)3/h6-15H,1-5H3,(H,29,33)(H,28,30,31). The van der Waals surface area contributed by atoms with E-state index in [4.69, 9.17) is 9.47 Å². The molecule has 0 spiro atoms. The fourth-order valence-electron chi connectivity index (χ4n) is 3.76. The third-order valence-corrected chi connectivity index (χ3v) is 5.62. The lowest BCUT2D eigenvalue weighted by atomic mass is 10.0. The molecule has 0 aliphatic rings. The molecule has 3 aromatic carbocycles. The molecule has 36 heavy (non-hydrogen) atoms. The van der Waals surface area contributed by atoms with Crippen molar-refractivity contribution < 1.29 is 19.1 Å². The molecule has 0 aliphatic heterocycles. The number of anilines is 2. The second kappa shape index (κ2) is 10.3. The van der Waals surface area contributed by atoms with Crippen LogP contribution in [0.3, 0.4) is 0 Å². The molecule has 1 aromatic heterocycles. The summed E-state index contributed by atoms with van der Waals surface area (Å²) in [7, 11) is 8.27. The van der Waals surface area contributed by atoms with Crippen LogP contribution in [0, 0.1) is 0 Å². The summed E-state index contributed by atoms with van der Waals surface area (Å²) >= 11 is 0. The molecule has 4 aromatic rings. The van der Waals surface area contributed by atoms with Crippen LogP contribution in [0.1, 0.15) is 20.7 Å². The number of benzene rings is 3. The molecule has 0 saturated heterocycles. The molecule has 2 N–H and O–H groups in total. The van der Waals surface area contributed by atoms with Crippen molar-refractivity contribution >= 4 is 34.4 Å². The minimum absolute atomic E-state index is 0.123. The molecule has 2 amide bonds. The van der Waals surface area contributed by atoms with E-state index in [-0.39, 0.29) is 11.8 Å². The normalized spacial score (nSPS) is 10.6. The van der Waals surface area contributed by atoms with Gasteiger partial charge in [-0.05, 0) is 42.5 Å². The van der Waals surface area contributed by atoms with Crippen molar-refractivity contribution in [2.45, 2.75) is 0 Å². The number of amides is 2. The second-order valence-electron chi connectivity index (χ2n) is 8.18. The van der Waals surface area contributed by atoms with Gasteiger partial charge >= 0.3 is 0 Å². The van der Waals surface area contributed by atoms with Crippen LogP contribution in [0.2, 0.25) is 0 Å². The maximum Gasteiger partial charge on any atom is 0.255 e. The summed E-state index contributed by atoms with van der Waals surface area (Å²) in [6, 6.07) is 17.6. The first-order valence-electron chi connectivity index (χ1n) is 11.2. The zero-order valence-electron chi connectivity index (χ0n) is 20.7. The maximum atomic E-state index is 12.9. The summed E-state index contributed by atoms with van der Waals surface area (Å²) in [6.07, 6.45) is 0. The molecule has 184 valence electrons. The Hall–Kier alpha value is -4.66. The molecular formula is C27H27N5O4. The number of carbonyl (C=O) groups excluding carboxylic acids is 2. The van der Waals surface area contributed by atoms with Crippen molar-refractivity contribution in [3.63, 3.8) is 0 Å². The van der Waals surface area contributed by atoms with E-state index in [1.165, 1.54) is 4.90 Å². The molecule has 0 saturated carbocycles. The number of nitrogens with zero attached hydrogens (tertiary/aromatic N) is 3. The Morgan fingerprint density at radius 2 is 1.53 bits per heavy atom. The first-order valence-corrected chi connectivity index (χ1v) is 11.2. The molecule has 9 heteroatoms. The van der Waals surface area contributed by atoms with Gasteiger partial charge in [-0.15, -0.1) is 0 Å². The highest BCUT2D eigenvalue weighted by molar-refractivity contribution is 6.05. The number of carbonyl (C=O) groups is 2. The third kappa shape index (κ3) is 4.90. The van der Waals surface area contributed by atoms with E-state index < -0.39 is 0 Å². The van der Waals surface area contributed by atoms with E-state index in [0.717, 1.165) is 10.9 Å². The summed E-state index contributed by atoms with van der Waals surface area (Å²) in [5.41, 5.74) is 3.70. The van der Waals surface area contributed by atoms with Crippen molar-refractivity contribution in [1.29, 1.82) is 0 Å². The van der Waals surface area contributed by atoms with Crippen LogP contribution in [-0.4, -0.2) is 62.0 Å². The molecule has 0 aliphatic carbocycles. The number of aromatic nitrogens is 2. The van der Waals surface area contributed by atoms with E-state index in [1.54, 1.807) is 71.8 Å². The van der Waals surface area contributed by atoms with E-state index >= 15 is 0 Å². The van der Waals surface area contributed by atoms with E-state index in [0.29, 0.717) is 45.5 Å². The lowest BCUT2D eigenvalue weighted by molar-refractivity contribution is 0.0827. The van der Waals surface area contributed by atoms with Crippen LogP contribution in [0.25, 0.3) is 22.2 Å². The van der Waals surface area contributed by atoms with Gasteiger partial charge in [-0.2, -0.15) is 0 Å². The van der Waals surface area contributed by atoms with Gasteiger partial charge in [-0.1, -0.05) is 12.1 Å². The average Bonchev–Trinajstić information content (AvgIpc) is 2.91. The molecule has 0 radical (unpaired) electrons. The van der Waals surface area contributed by atoms with Crippen LogP contribution in [0.15, 0.2) is 60.7 Å². The fraction of sp³-hybridized carbons (Fsp3) is 0.185. The summed E-state index contributed by atoms with van der Waals surface area (Å²) in [6.45, 7) is 0. The van der Waals surface area contributed by atoms with Crippen LogP contribution in [-0.2, 0) is 0 Å². The number of hydrogen-bond acceptors (Lipinski definition) is 7. The highest BCUT2D eigenvalue weighted by Gasteiger charge is 2.16. The molecule has 0 unspecified atom stereocenters. The molecular weight excluding hydrogens is 458 g/mol. The number of nitrogens with one attached hydrogen (secondary N) is 2. The van der Waals surface area contributed by atoms with E-state index in [2.05, 4.69) is 20.6 Å². The van der Waals surface area contributed by atoms with Gasteiger partial charge in [-0.25, -0.2) is 9.97 Å². The second-order valence-corrected chi connectivity index (χ2v) is 8.18. The number of hydrogen-bond donors (Lipinski definition) is 2. The number of methoxy groups -OCH3 is 2. The van der Waals surface area contributed by atoms with Crippen molar-refractivity contribution in [1.82, 2.24) is 14.9 Å². The van der Waals surface area contributed by atoms with E-state index in [1.807, 2.05) is 24.3 Å². The quantitative estimate of drug-likeness (QED) is 0.402. The average molecular weight is 486 g/mol. The number of rotatable bonds is 7.